The summed E-state index contributed by atoms with van der Waals surface area (Å²) in [7, 11) is 0. The number of amides is 2. The first-order valence-electron chi connectivity index (χ1n) is 10.9. The van der Waals surface area contributed by atoms with E-state index in [1.54, 1.807) is 6.92 Å². The van der Waals surface area contributed by atoms with E-state index >= 15 is 0 Å². The van der Waals surface area contributed by atoms with Crippen molar-refractivity contribution in [3.63, 3.8) is 0 Å². The molecule has 2 amide bonds. The summed E-state index contributed by atoms with van der Waals surface area (Å²) in [6.45, 7) is 6.94. The van der Waals surface area contributed by atoms with E-state index in [1.807, 2.05) is 4.90 Å². The highest BCUT2D eigenvalue weighted by Gasteiger charge is 2.38. The molecule has 28 heavy (non-hydrogen) atoms. The molecule has 4 rings (SSSR count). The number of carbonyl (C=O) groups is 2. The molecule has 2 aliphatic heterocycles. The van der Waals surface area contributed by atoms with Gasteiger partial charge in [-0.25, -0.2) is 0 Å². The molecule has 1 aromatic heterocycles. The van der Waals surface area contributed by atoms with Crippen molar-refractivity contribution in [3.05, 3.63) is 17.0 Å². The zero-order valence-electron chi connectivity index (χ0n) is 17.2. The lowest BCUT2D eigenvalue weighted by molar-refractivity contribution is -0.133. The Bertz CT molecular complexity index is 713. The van der Waals surface area contributed by atoms with Gasteiger partial charge < -0.3 is 10.2 Å². The van der Waals surface area contributed by atoms with Crippen molar-refractivity contribution < 1.29 is 9.59 Å². The predicted molar refractivity (Wildman–Crippen MR) is 107 cm³/mol. The number of likely N-dealkylation sites (tertiary alicyclic amines) is 1. The lowest BCUT2D eigenvalue weighted by atomic mass is 10.0. The molecule has 2 atom stereocenters. The second kappa shape index (κ2) is 8.23. The quantitative estimate of drug-likeness (QED) is 0.745. The fourth-order valence-corrected chi connectivity index (χ4v) is 4.80. The molecule has 0 radical (unpaired) electrons. The Morgan fingerprint density at radius 1 is 1.21 bits per heavy atom. The molecule has 154 valence electrons. The maximum Gasteiger partial charge on any atom is 0.224 e. The highest BCUT2D eigenvalue weighted by Crippen LogP contribution is 2.35. The number of nitrogens with zero attached hydrogens (tertiary/aromatic N) is 3. The van der Waals surface area contributed by atoms with Crippen LogP contribution in [0, 0.1) is 5.92 Å². The van der Waals surface area contributed by atoms with Crippen LogP contribution in [0.4, 0.5) is 0 Å². The standard InChI is InChI=1S/C21H33N5O2/c1-3-19-18-13-25(9-8-20(18)24-23-19)21(28)10-16-6-7-17(11-22-14(2)27)26(16)12-15-4-5-15/h15-17H,3-13H2,1-2H3,(H,22,27)(H,23,24)/t16-,17+/m0/s1. The lowest BCUT2D eigenvalue weighted by Gasteiger charge is -2.33. The Hall–Kier alpha value is -1.89. The molecule has 2 N–H and O–H groups in total. The van der Waals surface area contributed by atoms with Crippen molar-refractivity contribution >= 4 is 11.8 Å². The number of rotatable bonds is 7. The molecule has 0 spiro atoms. The summed E-state index contributed by atoms with van der Waals surface area (Å²) in [6.07, 6.45) is 7.09. The molecular weight excluding hydrogens is 354 g/mol. The molecule has 7 nitrogen and oxygen atoms in total. The lowest BCUT2D eigenvalue weighted by Crippen LogP contribution is -2.46. The molecule has 3 heterocycles. The monoisotopic (exact) mass is 387 g/mol. The van der Waals surface area contributed by atoms with Gasteiger partial charge in [0, 0.05) is 69.3 Å². The largest absolute Gasteiger partial charge is 0.355 e. The van der Waals surface area contributed by atoms with Crippen LogP contribution in [0.2, 0.25) is 0 Å². The summed E-state index contributed by atoms with van der Waals surface area (Å²) in [5, 5.41) is 10.5. The van der Waals surface area contributed by atoms with E-state index in [0.29, 0.717) is 31.6 Å². The van der Waals surface area contributed by atoms with E-state index < -0.39 is 0 Å². The van der Waals surface area contributed by atoms with Crippen LogP contribution < -0.4 is 5.32 Å². The third-order valence-electron chi connectivity index (χ3n) is 6.64. The summed E-state index contributed by atoms with van der Waals surface area (Å²) in [4.78, 5) is 29.0. The number of hydrogen-bond acceptors (Lipinski definition) is 4. The molecule has 1 saturated carbocycles. The number of aryl methyl sites for hydroxylation is 1. The molecule has 0 unspecified atom stereocenters. The van der Waals surface area contributed by atoms with Gasteiger partial charge in [-0.3, -0.25) is 19.6 Å². The topological polar surface area (TPSA) is 81.3 Å². The zero-order chi connectivity index (χ0) is 19.7. The van der Waals surface area contributed by atoms with Crippen LogP contribution in [0.1, 0.15) is 62.9 Å². The maximum atomic E-state index is 13.1. The Morgan fingerprint density at radius 3 is 2.71 bits per heavy atom. The van der Waals surface area contributed by atoms with E-state index in [4.69, 9.17) is 0 Å². The van der Waals surface area contributed by atoms with Crippen molar-refractivity contribution in [2.75, 3.05) is 19.6 Å². The van der Waals surface area contributed by atoms with E-state index in [0.717, 1.165) is 50.4 Å². The number of aromatic nitrogens is 2. The first kappa shape index (κ1) is 19.4. The summed E-state index contributed by atoms with van der Waals surface area (Å²) < 4.78 is 0. The number of carbonyl (C=O) groups excluding carboxylic acids is 2. The number of hydrogen-bond donors (Lipinski definition) is 2. The second-order valence-electron chi connectivity index (χ2n) is 8.71. The molecule has 0 bridgehead atoms. The molecule has 1 aromatic rings. The van der Waals surface area contributed by atoms with E-state index in [9.17, 15) is 9.59 Å². The van der Waals surface area contributed by atoms with Gasteiger partial charge in [-0.05, 0) is 38.0 Å². The second-order valence-corrected chi connectivity index (χ2v) is 8.71. The number of aromatic amines is 1. The van der Waals surface area contributed by atoms with E-state index in [1.165, 1.54) is 24.1 Å². The van der Waals surface area contributed by atoms with Gasteiger partial charge in [0.05, 0.1) is 5.69 Å². The minimum atomic E-state index is 0.0295. The van der Waals surface area contributed by atoms with E-state index in [2.05, 4.69) is 27.3 Å². The van der Waals surface area contributed by atoms with Crippen molar-refractivity contribution in [3.8, 4) is 0 Å². The van der Waals surface area contributed by atoms with Crippen LogP contribution in [-0.2, 0) is 29.0 Å². The van der Waals surface area contributed by atoms with Crippen molar-refractivity contribution in [1.82, 2.24) is 25.3 Å². The smallest absolute Gasteiger partial charge is 0.224 e. The van der Waals surface area contributed by atoms with Gasteiger partial charge in [-0.15, -0.1) is 0 Å². The van der Waals surface area contributed by atoms with E-state index in [-0.39, 0.29) is 11.8 Å². The highest BCUT2D eigenvalue weighted by atomic mass is 16.2. The molecule has 3 aliphatic rings. The molecule has 2 fully saturated rings. The van der Waals surface area contributed by atoms with Gasteiger partial charge in [0.15, 0.2) is 0 Å². The van der Waals surface area contributed by atoms with Crippen LogP contribution in [0.25, 0.3) is 0 Å². The molecule has 0 aromatic carbocycles. The van der Waals surface area contributed by atoms with Crippen molar-refractivity contribution in [1.29, 1.82) is 0 Å². The van der Waals surface area contributed by atoms with Gasteiger partial charge >= 0.3 is 0 Å². The van der Waals surface area contributed by atoms with Crippen molar-refractivity contribution in [2.45, 2.75) is 77.4 Å². The third-order valence-corrected chi connectivity index (χ3v) is 6.64. The maximum absolute atomic E-state index is 13.1. The fourth-order valence-electron chi connectivity index (χ4n) is 4.80. The van der Waals surface area contributed by atoms with Gasteiger partial charge in [0.2, 0.25) is 11.8 Å². The Balaban J connectivity index is 1.38. The van der Waals surface area contributed by atoms with Crippen LogP contribution in [0.15, 0.2) is 0 Å². The van der Waals surface area contributed by atoms with Gasteiger partial charge in [-0.2, -0.15) is 5.10 Å². The average Bonchev–Trinajstić information content (AvgIpc) is 3.29. The predicted octanol–water partition coefficient (Wildman–Crippen LogP) is 1.63. The minimum absolute atomic E-state index is 0.0295. The van der Waals surface area contributed by atoms with Gasteiger partial charge in [0.1, 0.15) is 0 Å². The molecular formula is C21H33N5O2. The summed E-state index contributed by atoms with van der Waals surface area (Å²) in [5.74, 6) is 1.08. The first-order chi connectivity index (χ1) is 13.5. The summed E-state index contributed by atoms with van der Waals surface area (Å²) in [5.41, 5.74) is 3.53. The number of H-pyrrole nitrogens is 1. The Labute approximate surface area is 167 Å². The fraction of sp³-hybridized carbons (Fsp3) is 0.762. The minimum Gasteiger partial charge on any atom is -0.355 e. The SMILES string of the molecule is CCc1n[nH]c2c1CN(C(=O)C[C@@H]1CC[C@H](CNC(C)=O)N1CC1CC1)CC2. The van der Waals surface area contributed by atoms with Gasteiger partial charge in [0.25, 0.3) is 0 Å². The molecule has 1 saturated heterocycles. The molecule has 1 aliphatic carbocycles. The van der Waals surface area contributed by atoms with Crippen LogP contribution in [0.5, 0.6) is 0 Å². The summed E-state index contributed by atoms with van der Waals surface area (Å²) in [6, 6.07) is 0.680. The van der Waals surface area contributed by atoms with Gasteiger partial charge in [-0.1, -0.05) is 6.92 Å². The average molecular weight is 388 g/mol. The first-order valence-corrected chi connectivity index (χ1v) is 10.9. The summed E-state index contributed by atoms with van der Waals surface area (Å²) >= 11 is 0. The zero-order valence-corrected chi connectivity index (χ0v) is 17.2. The number of fused-ring (bicyclic) bond motifs is 1. The normalized spacial score (nSPS) is 25.0. The van der Waals surface area contributed by atoms with Crippen LogP contribution in [-0.4, -0.2) is 63.5 Å². The third kappa shape index (κ3) is 4.24. The van der Waals surface area contributed by atoms with Crippen LogP contribution in [0.3, 0.4) is 0 Å². The van der Waals surface area contributed by atoms with Crippen LogP contribution >= 0.6 is 0 Å². The Morgan fingerprint density at radius 2 is 2.00 bits per heavy atom. The van der Waals surface area contributed by atoms with Crippen molar-refractivity contribution in [2.24, 2.45) is 5.92 Å². The highest BCUT2D eigenvalue weighted by molar-refractivity contribution is 5.77. The molecule has 7 heteroatoms. The Kier molecular flexibility index (Phi) is 5.71. The number of nitrogens with one attached hydrogen (secondary N) is 2.